The molecule has 2 aliphatic rings. The molecule has 5 heteroatoms. The summed E-state index contributed by atoms with van der Waals surface area (Å²) >= 11 is 0. The van der Waals surface area contributed by atoms with E-state index in [0.29, 0.717) is 12.8 Å². The molecule has 15 heavy (non-hydrogen) atoms. The topological polar surface area (TPSA) is 63.2 Å². The quantitative estimate of drug-likeness (QED) is 0.725. The Kier molecular flexibility index (Phi) is 2.58. The lowest BCUT2D eigenvalue weighted by Gasteiger charge is -2.03. The van der Waals surface area contributed by atoms with Gasteiger partial charge in [-0.25, -0.2) is 8.42 Å². The van der Waals surface area contributed by atoms with Crippen molar-refractivity contribution < 1.29 is 13.2 Å². The van der Waals surface area contributed by atoms with Crippen molar-refractivity contribution >= 4 is 15.9 Å². The zero-order chi connectivity index (χ0) is 11.1. The molecule has 0 saturated heterocycles. The number of carbonyl (C=O) groups excluding carboxylic acids is 1. The Labute approximate surface area is 89.8 Å². The van der Waals surface area contributed by atoms with Gasteiger partial charge in [-0.2, -0.15) is 0 Å². The Hall–Kier alpha value is -0.840. The van der Waals surface area contributed by atoms with Crippen LogP contribution in [0.2, 0.25) is 0 Å². The number of carbonyl (C=O) groups is 1. The van der Waals surface area contributed by atoms with Gasteiger partial charge in [-0.1, -0.05) is 12.2 Å². The third-order valence-corrected chi connectivity index (χ3v) is 4.66. The van der Waals surface area contributed by atoms with Crippen LogP contribution in [0.4, 0.5) is 0 Å². The van der Waals surface area contributed by atoms with Crippen LogP contribution in [-0.2, 0) is 14.8 Å². The normalized spacial score (nSPS) is 30.5. The summed E-state index contributed by atoms with van der Waals surface area (Å²) in [7, 11) is -3.35. The summed E-state index contributed by atoms with van der Waals surface area (Å²) in [5.74, 6) is -0.218. The molecule has 2 fully saturated rings. The molecule has 0 aliphatic heterocycles. The minimum Gasteiger partial charge on any atom is -0.274 e. The van der Waals surface area contributed by atoms with Crippen LogP contribution in [0.25, 0.3) is 0 Å². The number of sulfonamides is 1. The number of hydrogen-bond acceptors (Lipinski definition) is 3. The summed E-state index contributed by atoms with van der Waals surface area (Å²) in [6, 6.07) is 0. The second-order valence-corrected chi connectivity index (χ2v) is 6.20. The molecule has 1 N–H and O–H groups in total. The van der Waals surface area contributed by atoms with Crippen molar-refractivity contribution in [3.8, 4) is 0 Å². The molecule has 2 saturated carbocycles. The standard InChI is InChI=1S/C10H15NO3S/c1-2-3-7-6-9(7)10(12)11-15(13,14)8-4-5-8/h2-3,7-9H,4-6H2,1H3,(H,11,12)/b3-2-/t7-,9+/m1/s1. The first kappa shape index (κ1) is 10.7. The van der Waals surface area contributed by atoms with E-state index < -0.39 is 10.0 Å². The van der Waals surface area contributed by atoms with Crippen LogP contribution >= 0.6 is 0 Å². The molecule has 4 nitrogen and oxygen atoms in total. The summed E-state index contributed by atoms with van der Waals surface area (Å²) in [5, 5.41) is -0.319. The van der Waals surface area contributed by atoms with E-state index in [9.17, 15) is 13.2 Å². The second kappa shape index (κ2) is 3.63. The third-order valence-electron chi connectivity index (χ3n) is 2.82. The molecule has 0 bridgehead atoms. The molecule has 0 radical (unpaired) electrons. The highest BCUT2D eigenvalue weighted by molar-refractivity contribution is 7.90. The van der Waals surface area contributed by atoms with Crippen LogP contribution < -0.4 is 4.72 Å². The van der Waals surface area contributed by atoms with Crippen molar-refractivity contribution in [1.82, 2.24) is 4.72 Å². The molecule has 84 valence electrons. The Bertz CT molecular complexity index is 395. The highest BCUT2D eigenvalue weighted by Crippen LogP contribution is 2.40. The van der Waals surface area contributed by atoms with Gasteiger partial charge in [-0.05, 0) is 32.1 Å². The molecule has 2 atom stereocenters. The van der Waals surface area contributed by atoms with E-state index in [1.807, 2.05) is 19.1 Å². The fourth-order valence-corrected chi connectivity index (χ4v) is 3.01. The number of allylic oxidation sites excluding steroid dienone is 2. The second-order valence-electron chi connectivity index (χ2n) is 4.24. The lowest BCUT2D eigenvalue weighted by atomic mass is 10.3. The van der Waals surface area contributed by atoms with Crippen molar-refractivity contribution in [2.24, 2.45) is 11.8 Å². The molecule has 2 aliphatic carbocycles. The average molecular weight is 229 g/mol. The molecule has 0 aromatic rings. The van der Waals surface area contributed by atoms with E-state index in [2.05, 4.69) is 4.72 Å². The van der Waals surface area contributed by atoms with Crippen molar-refractivity contribution in [3.63, 3.8) is 0 Å². The lowest BCUT2D eigenvalue weighted by molar-refractivity contribution is -0.120. The maximum atomic E-state index is 11.5. The highest BCUT2D eigenvalue weighted by atomic mass is 32.2. The minimum absolute atomic E-state index is 0.130. The smallest absolute Gasteiger partial charge is 0.237 e. The van der Waals surface area contributed by atoms with E-state index in [0.717, 1.165) is 6.42 Å². The summed E-state index contributed by atoms with van der Waals surface area (Å²) in [6.07, 6.45) is 5.99. The van der Waals surface area contributed by atoms with E-state index >= 15 is 0 Å². The highest BCUT2D eigenvalue weighted by Gasteiger charge is 2.44. The zero-order valence-corrected chi connectivity index (χ0v) is 9.46. The summed E-state index contributed by atoms with van der Waals surface area (Å²) in [6.45, 7) is 1.90. The van der Waals surface area contributed by atoms with Crippen molar-refractivity contribution in [1.29, 1.82) is 0 Å². The van der Waals surface area contributed by atoms with Gasteiger partial charge in [-0.15, -0.1) is 0 Å². The van der Waals surface area contributed by atoms with Gasteiger partial charge in [-0.3, -0.25) is 9.52 Å². The van der Waals surface area contributed by atoms with Gasteiger partial charge in [0.05, 0.1) is 5.25 Å². The Morgan fingerprint density at radius 3 is 2.60 bits per heavy atom. The number of hydrogen-bond donors (Lipinski definition) is 1. The van der Waals surface area contributed by atoms with Crippen molar-refractivity contribution in [3.05, 3.63) is 12.2 Å². The van der Waals surface area contributed by atoms with Crippen molar-refractivity contribution in [2.75, 3.05) is 0 Å². The fourth-order valence-electron chi connectivity index (χ4n) is 1.65. The molecule has 0 aromatic carbocycles. The van der Waals surface area contributed by atoms with E-state index in [-0.39, 0.29) is 23.0 Å². The van der Waals surface area contributed by atoms with Gasteiger partial charge in [0.25, 0.3) is 0 Å². The van der Waals surface area contributed by atoms with E-state index in [1.54, 1.807) is 0 Å². The molecule has 0 spiro atoms. The van der Waals surface area contributed by atoms with Gasteiger partial charge < -0.3 is 0 Å². The summed E-state index contributed by atoms with van der Waals surface area (Å²) in [4.78, 5) is 11.5. The SMILES string of the molecule is C/C=C\[C@@H]1C[C@@H]1C(=O)NS(=O)(=O)C1CC1. The van der Waals surface area contributed by atoms with Crippen LogP contribution in [0.5, 0.6) is 0 Å². The van der Waals surface area contributed by atoms with Crippen LogP contribution in [0.15, 0.2) is 12.2 Å². The molecular formula is C10H15NO3S. The molecule has 1 amide bonds. The van der Waals surface area contributed by atoms with Crippen LogP contribution in [0.1, 0.15) is 26.2 Å². The van der Waals surface area contributed by atoms with Crippen LogP contribution in [0, 0.1) is 11.8 Å². The number of nitrogens with one attached hydrogen (secondary N) is 1. The first-order valence-corrected chi connectivity index (χ1v) is 6.77. The van der Waals surface area contributed by atoms with Crippen LogP contribution in [0.3, 0.4) is 0 Å². The number of amides is 1. The van der Waals surface area contributed by atoms with Gasteiger partial charge in [0.1, 0.15) is 0 Å². The third kappa shape index (κ3) is 2.40. The first-order valence-electron chi connectivity index (χ1n) is 5.23. The Morgan fingerprint density at radius 1 is 1.40 bits per heavy atom. The predicted octanol–water partition coefficient (Wildman–Crippen LogP) is 0.807. The molecular weight excluding hydrogens is 214 g/mol. The molecule has 0 unspecified atom stereocenters. The molecule has 0 heterocycles. The zero-order valence-electron chi connectivity index (χ0n) is 8.64. The van der Waals surface area contributed by atoms with E-state index in [4.69, 9.17) is 0 Å². The van der Waals surface area contributed by atoms with Gasteiger partial charge in [0.15, 0.2) is 0 Å². The van der Waals surface area contributed by atoms with Crippen LogP contribution in [-0.4, -0.2) is 19.6 Å². The fraction of sp³-hybridized carbons (Fsp3) is 0.700. The van der Waals surface area contributed by atoms with Gasteiger partial charge in [0, 0.05) is 5.92 Å². The monoisotopic (exact) mass is 229 g/mol. The van der Waals surface area contributed by atoms with Crippen molar-refractivity contribution in [2.45, 2.75) is 31.4 Å². The summed E-state index contributed by atoms with van der Waals surface area (Å²) in [5.41, 5.74) is 0. The van der Waals surface area contributed by atoms with Gasteiger partial charge >= 0.3 is 0 Å². The molecule has 0 aromatic heterocycles. The Morgan fingerprint density at radius 2 is 2.07 bits per heavy atom. The van der Waals surface area contributed by atoms with Gasteiger partial charge in [0.2, 0.25) is 15.9 Å². The largest absolute Gasteiger partial charge is 0.274 e. The average Bonchev–Trinajstić information content (AvgIpc) is 2.99. The summed E-state index contributed by atoms with van der Waals surface area (Å²) < 4.78 is 25.1. The first-order chi connectivity index (χ1) is 7.04. The van der Waals surface area contributed by atoms with E-state index in [1.165, 1.54) is 0 Å². The number of rotatable bonds is 4. The molecule has 2 rings (SSSR count). The Balaban J connectivity index is 1.88. The maximum Gasteiger partial charge on any atom is 0.237 e. The lowest BCUT2D eigenvalue weighted by Crippen LogP contribution is -2.34. The predicted molar refractivity (Wildman–Crippen MR) is 56.5 cm³/mol. The minimum atomic E-state index is -3.35. The maximum absolute atomic E-state index is 11.5.